The van der Waals surface area contributed by atoms with E-state index in [1.165, 1.54) is 51.6 Å². The number of ether oxygens (including phenoxy) is 1. The summed E-state index contributed by atoms with van der Waals surface area (Å²) in [6, 6.07) is 0. The molecule has 2 N–H and O–H groups in total. The van der Waals surface area contributed by atoms with Gasteiger partial charge in [-0.25, -0.2) is 0 Å². The van der Waals surface area contributed by atoms with Crippen LogP contribution in [0.15, 0.2) is 0 Å². The molecule has 1 saturated heterocycles. The van der Waals surface area contributed by atoms with Gasteiger partial charge in [0.2, 0.25) is 0 Å². The van der Waals surface area contributed by atoms with Gasteiger partial charge < -0.3 is 10.5 Å². The Balaban J connectivity index is 1.94. The van der Waals surface area contributed by atoms with E-state index in [4.69, 9.17) is 10.5 Å². The van der Waals surface area contributed by atoms with Crippen LogP contribution in [0.5, 0.6) is 0 Å². The number of nitrogens with two attached hydrogens (primary N) is 1. The molecule has 2 aliphatic rings. The molecule has 94 valence electrons. The summed E-state index contributed by atoms with van der Waals surface area (Å²) in [7, 11) is 1.81. The molecule has 1 heterocycles. The highest BCUT2D eigenvalue weighted by Crippen LogP contribution is 2.36. The van der Waals surface area contributed by atoms with E-state index < -0.39 is 0 Å². The molecule has 1 unspecified atom stereocenters. The number of hydrogen-bond acceptors (Lipinski definition) is 3. The average Bonchev–Trinajstić information content (AvgIpc) is 2.80. The van der Waals surface area contributed by atoms with Gasteiger partial charge in [-0.05, 0) is 31.7 Å². The van der Waals surface area contributed by atoms with Crippen molar-refractivity contribution in [2.45, 2.75) is 44.1 Å². The SMILES string of the molecule is COCC1CCN(C2(CN)CCCCC2)C1. The van der Waals surface area contributed by atoms with Gasteiger partial charge in [0, 0.05) is 25.7 Å². The summed E-state index contributed by atoms with van der Waals surface area (Å²) >= 11 is 0. The highest BCUT2D eigenvalue weighted by molar-refractivity contribution is 4.97. The summed E-state index contributed by atoms with van der Waals surface area (Å²) in [5.41, 5.74) is 6.40. The lowest BCUT2D eigenvalue weighted by Gasteiger charge is -2.44. The first-order chi connectivity index (χ1) is 7.80. The first kappa shape index (κ1) is 12.3. The minimum absolute atomic E-state index is 0.334. The molecule has 2 fully saturated rings. The minimum Gasteiger partial charge on any atom is -0.384 e. The lowest BCUT2D eigenvalue weighted by atomic mass is 9.80. The zero-order valence-corrected chi connectivity index (χ0v) is 10.6. The van der Waals surface area contributed by atoms with Gasteiger partial charge in [0.25, 0.3) is 0 Å². The molecular formula is C13H26N2O. The molecule has 1 atom stereocenters. The lowest BCUT2D eigenvalue weighted by molar-refractivity contribution is 0.0697. The predicted molar refractivity (Wildman–Crippen MR) is 66.4 cm³/mol. The van der Waals surface area contributed by atoms with E-state index in [2.05, 4.69) is 4.90 Å². The van der Waals surface area contributed by atoms with Crippen molar-refractivity contribution in [1.29, 1.82) is 0 Å². The Hall–Kier alpha value is -0.120. The Morgan fingerprint density at radius 2 is 2.06 bits per heavy atom. The van der Waals surface area contributed by atoms with Crippen LogP contribution in [0.25, 0.3) is 0 Å². The van der Waals surface area contributed by atoms with Crippen LogP contribution in [-0.2, 0) is 4.74 Å². The summed E-state index contributed by atoms with van der Waals surface area (Å²) in [5.74, 6) is 0.732. The zero-order chi connectivity index (χ0) is 11.4. The number of rotatable bonds is 4. The molecule has 1 aliphatic heterocycles. The fourth-order valence-corrected chi connectivity index (χ4v) is 3.49. The van der Waals surface area contributed by atoms with E-state index in [9.17, 15) is 0 Å². The van der Waals surface area contributed by atoms with Gasteiger partial charge in [-0.1, -0.05) is 19.3 Å². The first-order valence-corrected chi connectivity index (χ1v) is 6.75. The third-order valence-electron chi connectivity index (χ3n) is 4.52. The maximum Gasteiger partial charge on any atom is 0.0503 e. The number of methoxy groups -OCH3 is 1. The van der Waals surface area contributed by atoms with Crippen LogP contribution in [0.3, 0.4) is 0 Å². The minimum atomic E-state index is 0.334. The lowest BCUT2D eigenvalue weighted by Crippen LogP contribution is -2.54. The molecule has 0 radical (unpaired) electrons. The normalized spacial score (nSPS) is 30.8. The van der Waals surface area contributed by atoms with Crippen LogP contribution >= 0.6 is 0 Å². The molecule has 1 saturated carbocycles. The van der Waals surface area contributed by atoms with Crippen LogP contribution in [0.1, 0.15) is 38.5 Å². The molecule has 1 aliphatic carbocycles. The molecule has 0 aromatic heterocycles. The van der Waals surface area contributed by atoms with Crippen molar-refractivity contribution in [1.82, 2.24) is 4.90 Å². The second-order valence-corrected chi connectivity index (χ2v) is 5.55. The predicted octanol–water partition coefficient (Wildman–Crippen LogP) is 1.62. The molecule has 0 aromatic carbocycles. The molecule has 2 rings (SSSR count). The van der Waals surface area contributed by atoms with Gasteiger partial charge in [0.15, 0.2) is 0 Å². The molecule has 3 nitrogen and oxygen atoms in total. The number of hydrogen-bond donors (Lipinski definition) is 1. The largest absolute Gasteiger partial charge is 0.384 e. The van der Waals surface area contributed by atoms with E-state index >= 15 is 0 Å². The quantitative estimate of drug-likeness (QED) is 0.791. The highest BCUT2D eigenvalue weighted by atomic mass is 16.5. The van der Waals surface area contributed by atoms with Crippen LogP contribution in [0.2, 0.25) is 0 Å². The fraction of sp³-hybridized carbons (Fsp3) is 1.00. The molecule has 16 heavy (non-hydrogen) atoms. The monoisotopic (exact) mass is 226 g/mol. The average molecular weight is 226 g/mol. The maximum absolute atomic E-state index is 6.06. The van der Waals surface area contributed by atoms with E-state index in [0.717, 1.165) is 19.1 Å². The van der Waals surface area contributed by atoms with E-state index in [0.29, 0.717) is 5.54 Å². The van der Waals surface area contributed by atoms with Crippen molar-refractivity contribution in [3.05, 3.63) is 0 Å². The molecule has 0 spiro atoms. The Kier molecular flexibility index (Phi) is 4.22. The van der Waals surface area contributed by atoms with Crippen LogP contribution < -0.4 is 5.73 Å². The van der Waals surface area contributed by atoms with Crippen molar-refractivity contribution < 1.29 is 4.74 Å². The van der Waals surface area contributed by atoms with Crippen molar-refractivity contribution in [2.24, 2.45) is 11.7 Å². The molecule has 3 heteroatoms. The molecule has 0 amide bonds. The Morgan fingerprint density at radius 1 is 1.31 bits per heavy atom. The topological polar surface area (TPSA) is 38.5 Å². The van der Waals surface area contributed by atoms with Crippen molar-refractivity contribution in [3.8, 4) is 0 Å². The number of likely N-dealkylation sites (tertiary alicyclic amines) is 1. The summed E-state index contributed by atoms with van der Waals surface area (Å²) in [5, 5.41) is 0. The van der Waals surface area contributed by atoms with Crippen LogP contribution in [0, 0.1) is 5.92 Å². The Labute approximate surface area is 99.3 Å². The summed E-state index contributed by atoms with van der Waals surface area (Å²) < 4.78 is 5.27. The van der Waals surface area contributed by atoms with Crippen molar-refractivity contribution >= 4 is 0 Å². The molecular weight excluding hydrogens is 200 g/mol. The summed E-state index contributed by atoms with van der Waals surface area (Å²) in [6.07, 6.45) is 8.03. The van der Waals surface area contributed by atoms with Crippen LogP contribution in [0.4, 0.5) is 0 Å². The smallest absolute Gasteiger partial charge is 0.0503 e. The fourth-order valence-electron chi connectivity index (χ4n) is 3.49. The highest BCUT2D eigenvalue weighted by Gasteiger charge is 2.40. The van der Waals surface area contributed by atoms with Gasteiger partial charge in [-0.3, -0.25) is 4.90 Å². The van der Waals surface area contributed by atoms with E-state index in [1.54, 1.807) is 0 Å². The first-order valence-electron chi connectivity index (χ1n) is 6.75. The third-order valence-corrected chi connectivity index (χ3v) is 4.52. The van der Waals surface area contributed by atoms with Gasteiger partial charge in [0.1, 0.15) is 0 Å². The van der Waals surface area contributed by atoms with E-state index in [1.807, 2.05) is 7.11 Å². The Bertz CT molecular complexity index is 214. The third kappa shape index (κ3) is 2.41. The van der Waals surface area contributed by atoms with Gasteiger partial charge >= 0.3 is 0 Å². The second-order valence-electron chi connectivity index (χ2n) is 5.55. The van der Waals surface area contributed by atoms with Gasteiger partial charge in [-0.15, -0.1) is 0 Å². The number of nitrogens with zero attached hydrogens (tertiary/aromatic N) is 1. The van der Waals surface area contributed by atoms with Gasteiger partial charge in [-0.2, -0.15) is 0 Å². The van der Waals surface area contributed by atoms with Crippen molar-refractivity contribution in [2.75, 3.05) is 33.4 Å². The zero-order valence-electron chi connectivity index (χ0n) is 10.6. The Morgan fingerprint density at radius 3 is 2.69 bits per heavy atom. The molecule has 0 bridgehead atoms. The maximum atomic E-state index is 6.06. The van der Waals surface area contributed by atoms with Crippen LogP contribution in [-0.4, -0.2) is 43.8 Å². The summed E-state index contributed by atoms with van der Waals surface area (Å²) in [6.45, 7) is 4.18. The standard InChI is InChI=1S/C13H26N2O/c1-16-10-12-5-8-15(9-12)13(11-14)6-3-2-4-7-13/h12H,2-11,14H2,1H3. The summed E-state index contributed by atoms with van der Waals surface area (Å²) in [4.78, 5) is 2.66. The van der Waals surface area contributed by atoms with Gasteiger partial charge in [0.05, 0.1) is 6.61 Å². The van der Waals surface area contributed by atoms with E-state index in [-0.39, 0.29) is 0 Å². The molecule has 0 aromatic rings. The second kappa shape index (κ2) is 5.48. The van der Waals surface area contributed by atoms with Crippen molar-refractivity contribution in [3.63, 3.8) is 0 Å².